The molecule has 1 fully saturated rings. The van der Waals surface area contributed by atoms with E-state index in [1.54, 1.807) is 43.7 Å². The van der Waals surface area contributed by atoms with Crippen LogP contribution >= 0.6 is 11.8 Å². The van der Waals surface area contributed by atoms with Gasteiger partial charge in [0.25, 0.3) is 5.91 Å². The van der Waals surface area contributed by atoms with Crippen molar-refractivity contribution < 1.29 is 14.4 Å². The third kappa shape index (κ3) is 5.10. The van der Waals surface area contributed by atoms with Gasteiger partial charge in [-0.3, -0.25) is 18.8 Å². The van der Waals surface area contributed by atoms with Gasteiger partial charge in [0.05, 0.1) is 11.8 Å². The number of amides is 2. The number of carbonyl (C=O) groups excluding carboxylic acids is 3. The van der Waals surface area contributed by atoms with Gasteiger partial charge in [0.1, 0.15) is 22.9 Å². The van der Waals surface area contributed by atoms with Crippen molar-refractivity contribution in [2.24, 2.45) is 0 Å². The van der Waals surface area contributed by atoms with Gasteiger partial charge in [-0.05, 0) is 37.1 Å². The fourth-order valence-electron chi connectivity index (χ4n) is 4.67. The SMILES string of the molecule is CNc1nccn2c(C3CCCN3C(=O)CSC(C)=O)nc(-c3ccc(C(=O)Nc4ccccn4)cc3)c12. The molecule has 0 bridgehead atoms. The lowest BCUT2D eigenvalue weighted by Gasteiger charge is -2.23. The van der Waals surface area contributed by atoms with E-state index in [0.29, 0.717) is 29.4 Å². The number of hydrogen-bond donors (Lipinski definition) is 2. The van der Waals surface area contributed by atoms with E-state index >= 15 is 0 Å². The molecule has 11 heteroatoms. The number of likely N-dealkylation sites (tertiary alicyclic amines) is 1. The molecule has 1 saturated heterocycles. The van der Waals surface area contributed by atoms with Crippen LogP contribution in [0.4, 0.5) is 11.6 Å². The lowest BCUT2D eigenvalue weighted by molar-refractivity contribution is -0.129. The second kappa shape index (κ2) is 11.0. The lowest BCUT2D eigenvalue weighted by Crippen LogP contribution is -2.33. The summed E-state index contributed by atoms with van der Waals surface area (Å²) in [5.41, 5.74) is 2.79. The highest BCUT2D eigenvalue weighted by atomic mass is 32.2. The largest absolute Gasteiger partial charge is 0.371 e. The predicted molar refractivity (Wildman–Crippen MR) is 147 cm³/mol. The summed E-state index contributed by atoms with van der Waals surface area (Å²) in [5, 5.41) is 5.85. The van der Waals surface area contributed by atoms with Crippen LogP contribution in [0.2, 0.25) is 0 Å². The molecule has 4 heterocycles. The van der Waals surface area contributed by atoms with Gasteiger partial charge in [-0.25, -0.2) is 15.0 Å². The molecule has 38 heavy (non-hydrogen) atoms. The van der Waals surface area contributed by atoms with E-state index in [2.05, 4.69) is 20.6 Å². The van der Waals surface area contributed by atoms with Gasteiger partial charge in [0.15, 0.2) is 10.9 Å². The van der Waals surface area contributed by atoms with E-state index in [9.17, 15) is 14.4 Å². The van der Waals surface area contributed by atoms with Gasteiger partial charge in [0.2, 0.25) is 5.91 Å². The summed E-state index contributed by atoms with van der Waals surface area (Å²) in [6.45, 7) is 2.09. The van der Waals surface area contributed by atoms with Crippen molar-refractivity contribution in [1.82, 2.24) is 24.3 Å². The summed E-state index contributed by atoms with van der Waals surface area (Å²) in [7, 11) is 1.80. The molecule has 1 atom stereocenters. The van der Waals surface area contributed by atoms with Crippen molar-refractivity contribution in [3.63, 3.8) is 0 Å². The quantitative estimate of drug-likeness (QED) is 0.368. The van der Waals surface area contributed by atoms with Crippen LogP contribution in [0.1, 0.15) is 42.0 Å². The summed E-state index contributed by atoms with van der Waals surface area (Å²) >= 11 is 1.03. The smallest absolute Gasteiger partial charge is 0.256 e. The molecule has 5 rings (SSSR count). The maximum atomic E-state index is 13.0. The number of anilines is 2. The summed E-state index contributed by atoms with van der Waals surface area (Å²) in [6, 6.07) is 12.3. The highest BCUT2D eigenvalue weighted by Gasteiger charge is 2.34. The molecule has 1 aromatic carbocycles. The third-order valence-electron chi connectivity index (χ3n) is 6.42. The number of fused-ring (bicyclic) bond motifs is 1. The van der Waals surface area contributed by atoms with Crippen molar-refractivity contribution >= 4 is 45.8 Å². The molecular weight excluding hydrogens is 502 g/mol. The fraction of sp³-hybridized carbons (Fsp3) is 0.259. The Bertz CT molecular complexity index is 1490. The van der Waals surface area contributed by atoms with Crippen LogP contribution in [-0.4, -0.2) is 60.5 Å². The highest BCUT2D eigenvalue weighted by molar-refractivity contribution is 8.14. The van der Waals surface area contributed by atoms with Crippen LogP contribution in [-0.2, 0) is 9.59 Å². The van der Waals surface area contributed by atoms with Crippen LogP contribution < -0.4 is 10.6 Å². The zero-order valence-electron chi connectivity index (χ0n) is 21.0. The molecule has 10 nitrogen and oxygen atoms in total. The number of nitrogens with one attached hydrogen (secondary N) is 2. The minimum atomic E-state index is -0.258. The maximum absolute atomic E-state index is 13.0. The summed E-state index contributed by atoms with van der Waals surface area (Å²) < 4.78 is 1.98. The fourth-order valence-corrected chi connectivity index (χ4v) is 5.16. The molecule has 2 N–H and O–H groups in total. The first-order valence-corrected chi connectivity index (χ1v) is 13.2. The van der Waals surface area contributed by atoms with Crippen LogP contribution in [0, 0.1) is 0 Å². The molecule has 2 amide bonds. The molecule has 4 aromatic rings. The summed E-state index contributed by atoms with van der Waals surface area (Å²) in [5.74, 6) is 1.66. The van der Waals surface area contributed by atoms with Gasteiger partial charge >= 0.3 is 0 Å². The Kier molecular flexibility index (Phi) is 7.36. The molecule has 1 unspecified atom stereocenters. The Labute approximate surface area is 223 Å². The second-order valence-electron chi connectivity index (χ2n) is 8.83. The molecule has 0 saturated carbocycles. The molecule has 3 aromatic heterocycles. The number of carbonyl (C=O) groups is 3. The Balaban J connectivity index is 1.49. The number of benzene rings is 1. The number of aromatic nitrogens is 4. The molecule has 0 spiro atoms. The van der Waals surface area contributed by atoms with E-state index in [0.717, 1.165) is 41.5 Å². The standard InChI is InChI=1S/C27H27N7O3S/c1-17(35)38-16-22(36)33-14-5-6-20(33)26-32-23(24-25(28-2)30-13-15-34(24)26)18-8-10-19(11-9-18)27(37)31-21-7-3-4-12-29-21/h3-4,7-13,15,20H,5-6,14,16H2,1-2H3,(H,28,30)(H,29,31,37). The lowest BCUT2D eigenvalue weighted by atomic mass is 10.1. The average molecular weight is 530 g/mol. The number of imidazole rings is 1. The predicted octanol–water partition coefficient (Wildman–Crippen LogP) is 4.03. The zero-order chi connectivity index (χ0) is 26.6. The van der Waals surface area contributed by atoms with Crippen molar-refractivity contribution in [2.75, 3.05) is 30.0 Å². The van der Waals surface area contributed by atoms with Gasteiger partial charge in [-0.1, -0.05) is 30.0 Å². The van der Waals surface area contributed by atoms with E-state index < -0.39 is 0 Å². The number of rotatable bonds is 7. The van der Waals surface area contributed by atoms with Gasteiger partial charge in [-0.15, -0.1) is 0 Å². The van der Waals surface area contributed by atoms with Gasteiger partial charge in [0, 0.05) is 50.2 Å². The van der Waals surface area contributed by atoms with Crippen LogP contribution in [0.5, 0.6) is 0 Å². The number of pyridine rings is 1. The van der Waals surface area contributed by atoms with Crippen molar-refractivity contribution in [3.8, 4) is 11.3 Å². The third-order valence-corrected chi connectivity index (χ3v) is 7.21. The van der Waals surface area contributed by atoms with Crippen molar-refractivity contribution in [3.05, 3.63) is 72.4 Å². The Morgan fingerprint density at radius 1 is 1.08 bits per heavy atom. The number of hydrogen-bond acceptors (Lipinski definition) is 8. The van der Waals surface area contributed by atoms with E-state index in [1.165, 1.54) is 6.92 Å². The van der Waals surface area contributed by atoms with Crippen LogP contribution in [0.3, 0.4) is 0 Å². The van der Waals surface area contributed by atoms with E-state index in [-0.39, 0.29) is 28.7 Å². The Hall–Kier alpha value is -4.25. The van der Waals surface area contributed by atoms with E-state index in [1.807, 2.05) is 33.7 Å². The molecule has 1 aliphatic rings. The van der Waals surface area contributed by atoms with Crippen LogP contribution in [0.25, 0.3) is 16.8 Å². The number of thioether (sulfide) groups is 1. The maximum Gasteiger partial charge on any atom is 0.256 e. The van der Waals surface area contributed by atoms with Crippen LogP contribution in [0.15, 0.2) is 61.1 Å². The number of nitrogens with zero attached hydrogens (tertiary/aromatic N) is 5. The Morgan fingerprint density at radius 2 is 1.89 bits per heavy atom. The summed E-state index contributed by atoms with van der Waals surface area (Å²) in [6.07, 6.45) is 6.80. The minimum absolute atomic E-state index is 0.0721. The molecule has 0 radical (unpaired) electrons. The first kappa shape index (κ1) is 25.4. The monoisotopic (exact) mass is 529 g/mol. The van der Waals surface area contributed by atoms with Crippen molar-refractivity contribution in [2.45, 2.75) is 25.8 Å². The van der Waals surface area contributed by atoms with Gasteiger partial charge < -0.3 is 15.5 Å². The molecule has 1 aliphatic heterocycles. The molecule has 194 valence electrons. The Morgan fingerprint density at radius 3 is 2.61 bits per heavy atom. The minimum Gasteiger partial charge on any atom is -0.371 e. The van der Waals surface area contributed by atoms with Crippen molar-refractivity contribution in [1.29, 1.82) is 0 Å². The second-order valence-corrected chi connectivity index (χ2v) is 9.99. The topological polar surface area (TPSA) is 122 Å². The molecular formula is C27H27N7O3S. The first-order valence-electron chi connectivity index (χ1n) is 12.3. The average Bonchev–Trinajstić information content (AvgIpc) is 3.57. The summed E-state index contributed by atoms with van der Waals surface area (Å²) in [4.78, 5) is 52.5. The normalized spacial score (nSPS) is 15.0. The van der Waals surface area contributed by atoms with E-state index in [4.69, 9.17) is 4.98 Å². The van der Waals surface area contributed by atoms with Gasteiger partial charge in [-0.2, -0.15) is 0 Å². The highest BCUT2D eigenvalue weighted by Crippen LogP contribution is 2.37. The first-order chi connectivity index (χ1) is 18.5. The molecule has 0 aliphatic carbocycles. The zero-order valence-corrected chi connectivity index (χ0v) is 21.9.